The van der Waals surface area contributed by atoms with Crippen LogP contribution in [-0.4, -0.2) is 43.0 Å². The number of nitrogens with zero attached hydrogens (tertiary/aromatic N) is 1. The molecule has 1 saturated heterocycles. The molecule has 4 N–H and O–H groups in total. The van der Waals surface area contributed by atoms with Crippen molar-refractivity contribution >= 4 is 29.1 Å². The minimum atomic E-state index is -0.284. The number of ether oxygens (including phenoxy) is 1. The Labute approximate surface area is 210 Å². The third-order valence-corrected chi connectivity index (χ3v) is 6.15. The molecule has 0 atom stereocenters. The summed E-state index contributed by atoms with van der Waals surface area (Å²) in [6.45, 7) is 4.49. The Balaban J connectivity index is 1.52. The molecule has 3 aromatic rings. The second-order valence-electron chi connectivity index (χ2n) is 8.43. The maximum Gasteiger partial charge on any atom is 0.255 e. The Bertz CT molecular complexity index is 1180. The summed E-state index contributed by atoms with van der Waals surface area (Å²) >= 11 is 6.06. The van der Waals surface area contributed by atoms with Crippen LogP contribution >= 0.6 is 11.6 Å². The first kappa shape index (κ1) is 24.9. The molecule has 3 aromatic carbocycles. The number of carbonyl (C=O) groups excluding carboxylic acids is 2. The highest BCUT2D eigenvalue weighted by Gasteiger charge is 2.17. The van der Waals surface area contributed by atoms with E-state index in [0.29, 0.717) is 54.7 Å². The summed E-state index contributed by atoms with van der Waals surface area (Å²) < 4.78 is 5.45. The van der Waals surface area contributed by atoms with Gasteiger partial charge in [-0.2, -0.15) is 0 Å². The molecule has 0 radical (unpaired) electrons. The van der Waals surface area contributed by atoms with Crippen molar-refractivity contribution in [2.24, 2.45) is 5.73 Å². The maximum atomic E-state index is 12.9. The van der Waals surface area contributed by atoms with Crippen molar-refractivity contribution in [1.82, 2.24) is 10.2 Å². The minimum Gasteiger partial charge on any atom is -0.379 e. The maximum absolute atomic E-state index is 12.9. The lowest BCUT2D eigenvalue weighted by molar-refractivity contribution is 0.0342. The second-order valence-corrected chi connectivity index (χ2v) is 8.86. The monoisotopic (exact) mass is 492 g/mol. The van der Waals surface area contributed by atoms with Gasteiger partial charge in [-0.25, -0.2) is 0 Å². The SMILES string of the molecule is NCc1ccc(CNC(=O)c2ccc(CN3CCOCC3)c(NC(=O)c3cccc(Cl)c3)c2)cc1. The minimum absolute atomic E-state index is 0.218. The average Bonchev–Trinajstić information content (AvgIpc) is 2.89. The summed E-state index contributed by atoms with van der Waals surface area (Å²) in [5.41, 5.74) is 10.1. The Morgan fingerprint density at radius 1 is 0.914 bits per heavy atom. The zero-order chi connectivity index (χ0) is 24.6. The molecule has 2 amide bonds. The van der Waals surface area contributed by atoms with Crippen molar-refractivity contribution in [1.29, 1.82) is 0 Å². The molecule has 0 bridgehead atoms. The number of hydrogen-bond acceptors (Lipinski definition) is 5. The van der Waals surface area contributed by atoms with Crippen molar-refractivity contribution in [2.45, 2.75) is 19.6 Å². The first-order chi connectivity index (χ1) is 17.0. The molecule has 1 fully saturated rings. The topological polar surface area (TPSA) is 96.7 Å². The summed E-state index contributed by atoms with van der Waals surface area (Å²) in [4.78, 5) is 28.1. The Morgan fingerprint density at radius 3 is 2.34 bits per heavy atom. The van der Waals surface area contributed by atoms with E-state index in [1.807, 2.05) is 30.3 Å². The molecule has 1 heterocycles. The number of rotatable bonds is 8. The van der Waals surface area contributed by atoms with Crippen LogP contribution in [0.5, 0.6) is 0 Å². The predicted octanol–water partition coefficient (Wildman–Crippen LogP) is 3.81. The van der Waals surface area contributed by atoms with Crippen LogP contribution in [0.15, 0.2) is 66.7 Å². The van der Waals surface area contributed by atoms with E-state index in [1.165, 1.54) is 0 Å². The lowest BCUT2D eigenvalue weighted by atomic mass is 10.1. The number of anilines is 1. The van der Waals surface area contributed by atoms with E-state index in [2.05, 4.69) is 15.5 Å². The summed E-state index contributed by atoms with van der Waals surface area (Å²) in [6.07, 6.45) is 0. The lowest BCUT2D eigenvalue weighted by Crippen LogP contribution is -2.36. The molecule has 0 saturated carbocycles. The fourth-order valence-corrected chi connectivity index (χ4v) is 4.06. The first-order valence-corrected chi connectivity index (χ1v) is 12.0. The Kier molecular flexibility index (Phi) is 8.50. The van der Waals surface area contributed by atoms with Crippen LogP contribution in [-0.2, 0) is 24.4 Å². The molecular weight excluding hydrogens is 464 g/mol. The number of nitrogens with two attached hydrogens (primary N) is 1. The summed E-state index contributed by atoms with van der Waals surface area (Å²) in [5, 5.41) is 6.41. The molecule has 0 aliphatic carbocycles. The number of nitrogens with one attached hydrogen (secondary N) is 2. The molecular formula is C27H29ClN4O3. The number of morpholine rings is 1. The van der Waals surface area contributed by atoms with Gasteiger partial charge in [-0.1, -0.05) is 48.0 Å². The fraction of sp³-hybridized carbons (Fsp3) is 0.259. The number of amides is 2. The third kappa shape index (κ3) is 6.90. The lowest BCUT2D eigenvalue weighted by Gasteiger charge is -2.27. The van der Waals surface area contributed by atoms with Gasteiger partial charge in [0.05, 0.1) is 13.2 Å². The highest BCUT2D eigenvalue weighted by molar-refractivity contribution is 6.31. The van der Waals surface area contributed by atoms with Crippen LogP contribution in [0.4, 0.5) is 5.69 Å². The summed E-state index contributed by atoms with van der Waals surface area (Å²) in [7, 11) is 0. The molecule has 1 aliphatic heterocycles. The molecule has 0 spiro atoms. The van der Waals surface area contributed by atoms with Gasteiger partial charge >= 0.3 is 0 Å². The van der Waals surface area contributed by atoms with Crippen molar-refractivity contribution in [3.63, 3.8) is 0 Å². The summed E-state index contributed by atoms with van der Waals surface area (Å²) in [5.74, 6) is -0.502. The van der Waals surface area contributed by atoms with Crippen LogP contribution in [0.3, 0.4) is 0 Å². The van der Waals surface area contributed by atoms with E-state index in [9.17, 15) is 9.59 Å². The fourth-order valence-electron chi connectivity index (χ4n) is 3.87. The van der Waals surface area contributed by atoms with Gasteiger partial charge in [0.1, 0.15) is 0 Å². The quantitative estimate of drug-likeness (QED) is 0.444. The normalized spacial score (nSPS) is 13.9. The van der Waals surface area contributed by atoms with Crippen LogP contribution < -0.4 is 16.4 Å². The van der Waals surface area contributed by atoms with Crippen molar-refractivity contribution < 1.29 is 14.3 Å². The number of hydrogen-bond donors (Lipinski definition) is 3. The summed E-state index contributed by atoms with van der Waals surface area (Å²) in [6, 6.07) is 20.0. The third-order valence-electron chi connectivity index (χ3n) is 5.92. The Morgan fingerprint density at radius 2 is 1.63 bits per heavy atom. The van der Waals surface area contributed by atoms with Crippen LogP contribution in [0, 0.1) is 0 Å². The number of halogens is 1. The van der Waals surface area contributed by atoms with Gasteiger partial charge in [0.25, 0.3) is 11.8 Å². The standard InChI is InChI=1S/C27H29ClN4O3/c28-24-3-1-2-21(14-24)27(34)31-25-15-22(8-9-23(25)18-32-10-12-35-13-11-32)26(33)30-17-20-6-4-19(16-29)5-7-20/h1-9,14-15H,10-13,16-18,29H2,(H,30,33)(H,31,34). The first-order valence-electron chi connectivity index (χ1n) is 11.6. The van der Waals surface area contributed by atoms with Gasteiger partial charge in [0, 0.05) is 54.6 Å². The number of carbonyl (C=O) groups is 2. The van der Waals surface area contributed by atoms with E-state index < -0.39 is 0 Å². The molecule has 182 valence electrons. The smallest absolute Gasteiger partial charge is 0.255 e. The van der Waals surface area contributed by atoms with Gasteiger partial charge in [0.2, 0.25) is 0 Å². The van der Waals surface area contributed by atoms with Gasteiger partial charge in [-0.05, 0) is 47.0 Å². The van der Waals surface area contributed by atoms with Gasteiger partial charge in [0.15, 0.2) is 0 Å². The van der Waals surface area contributed by atoms with Gasteiger partial charge < -0.3 is 21.1 Å². The zero-order valence-electron chi connectivity index (χ0n) is 19.4. The molecule has 8 heteroatoms. The van der Waals surface area contributed by atoms with Crippen molar-refractivity contribution in [2.75, 3.05) is 31.6 Å². The molecule has 35 heavy (non-hydrogen) atoms. The average molecular weight is 493 g/mol. The van der Waals surface area contributed by atoms with Crippen molar-refractivity contribution in [3.8, 4) is 0 Å². The molecule has 0 aromatic heterocycles. The predicted molar refractivity (Wildman–Crippen MR) is 137 cm³/mol. The molecule has 1 aliphatic rings. The zero-order valence-corrected chi connectivity index (χ0v) is 20.2. The molecule has 0 unspecified atom stereocenters. The number of benzene rings is 3. The van der Waals surface area contributed by atoms with Crippen molar-refractivity contribution in [3.05, 3.63) is 99.6 Å². The van der Waals surface area contributed by atoms with Crippen LogP contribution in [0.2, 0.25) is 5.02 Å². The molecule has 4 rings (SSSR count). The van der Waals surface area contributed by atoms with E-state index in [4.69, 9.17) is 22.1 Å². The highest BCUT2D eigenvalue weighted by Crippen LogP contribution is 2.22. The highest BCUT2D eigenvalue weighted by atomic mass is 35.5. The van der Waals surface area contributed by atoms with E-state index in [-0.39, 0.29) is 11.8 Å². The van der Waals surface area contributed by atoms with Gasteiger partial charge in [-0.3, -0.25) is 14.5 Å². The second kappa shape index (κ2) is 12.0. The largest absolute Gasteiger partial charge is 0.379 e. The Hall–Kier alpha value is -3.23. The van der Waals surface area contributed by atoms with E-state index >= 15 is 0 Å². The van der Waals surface area contributed by atoms with Crippen LogP contribution in [0.1, 0.15) is 37.4 Å². The van der Waals surface area contributed by atoms with E-state index in [0.717, 1.165) is 29.8 Å². The van der Waals surface area contributed by atoms with Gasteiger partial charge in [-0.15, -0.1) is 0 Å². The van der Waals surface area contributed by atoms with Crippen LogP contribution in [0.25, 0.3) is 0 Å². The van der Waals surface area contributed by atoms with E-state index in [1.54, 1.807) is 36.4 Å². The molecule has 7 nitrogen and oxygen atoms in total.